The topological polar surface area (TPSA) is 198 Å². The Kier molecular flexibility index (Phi) is 16.7. The van der Waals surface area contributed by atoms with Crippen LogP contribution in [-0.4, -0.2) is 75.6 Å². The number of nitrogens with zero attached hydrogens (tertiary/aromatic N) is 1. The number of alkyl halides is 2. The molecule has 1 saturated heterocycles. The van der Waals surface area contributed by atoms with E-state index in [9.17, 15) is 28.6 Å². The summed E-state index contributed by atoms with van der Waals surface area (Å²) in [6.45, 7) is 2.11. The highest BCUT2D eigenvalue weighted by Crippen LogP contribution is 2.36. The van der Waals surface area contributed by atoms with Crippen LogP contribution in [-0.2, 0) is 43.2 Å². The first kappa shape index (κ1) is 39.2. The van der Waals surface area contributed by atoms with Gasteiger partial charge in [-0.3, -0.25) is 9.59 Å². The molecule has 4 atom stereocenters. The van der Waals surface area contributed by atoms with E-state index in [0.29, 0.717) is 38.8 Å². The van der Waals surface area contributed by atoms with E-state index >= 15 is 8.78 Å². The van der Waals surface area contributed by atoms with Crippen LogP contribution in [0.1, 0.15) is 70.3 Å². The largest absolute Gasteiger partial charge is 0.700 e. The van der Waals surface area contributed by atoms with Crippen molar-refractivity contribution in [3.05, 3.63) is 48.0 Å². The summed E-state index contributed by atoms with van der Waals surface area (Å²) in [6, 6.07) is 6.20. The molecule has 2 amide bonds. The van der Waals surface area contributed by atoms with E-state index in [4.69, 9.17) is 19.3 Å². The molecule has 1 aromatic rings. The Labute approximate surface area is 266 Å². The first-order valence-corrected chi connectivity index (χ1v) is 17.0. The Balaban J connectivity index is 2.03. The van der Waals surface area contributed by atoms with Gasteiger partial charge >= 0.3 is 40.5 Å². The Bertz CT molecular complexity index is 1190. The zero-order valence-electron chi connectivity index (χ0n) is 25.3. The van der Waals surface area contributed by atoms with Crippen molar-refractivity contribution in [2.45, 2.75) is 88.8 Å². The third-order valence-electron chi connectivity index (χ3n) is 6.85. The minimum Gasteiger partial charge on any atom is -0.466 e. The minimum absolute atomic E-state index is 0.129. The molecule has 46 heavy (non-hydrogen) atoms. The number of amides is 2. The summed E-state index contributed by atoms with van der Waals surface area (Å²) in [5.41, 5.74) is -0.421. The first-order valence-electron chi connectivity index (χ1n) is 14.7. The van der Waals surface area contributed by atoms with E-state index in [0.717, 1.165) is 18.9 Å². The Morgan fingerprint density at radius 3 is 2.37 bits per heavy atom. The molecule has 0 bridgehead atoms. The van der Waals surface area contributed by atoms with E-state index in [1.165, 1.54) is 30.3 Å². The molecule has 1 aromatic carbocycles. The van der Waals surface area contributed by atoms with Crippen LogP contribution in [0.25, 0.3) is 0 Å². The second-order valence-corrected chi connectivity index (χ2v) is 11.6. The van der Waals surface area contributed by atoms with Gasteiger partial charge in [0.25, 0.3) is 0 Å². The number of esters is 1. The number of aliphatic hydroxyl groups is 1. The van der Waals surface area contributed by atoms with Crippen LogP contribution in [0.2, 0.25) is 0 Å². The van der Waals surface area contributed by atoms with Crippen LogP contribution in [0.4, 0.5) is 13.6 Å². The van der Waals surface area contributed by atoms with Crippen molar-refractivity contribution in [1.82, 2.24) is 10.2 Å². The maximum atomic E-state index is 15.6. The van der Waals surface area contributed by atoms with Crippen LogP contribution >= 0.6 is 16.5 Å². The number of benzene rings is 1. The molecule has 0 radical (unpaired) electrons. The molecule has 0 spiro atoms. The molecular formula is C28H40F2N2O12P2+2. The fraction of sp³-hybridized carbons (Fsp3) is 0.607. The standard InChI is InChI=1S/C28H38F2N2O12P2/c1-2-41-25(34)13-8-3-4-9-20-32-22(15-17-24(32)33)14-16-23(28(29,30)21-11-6-5-7-12-21)42-26(35)31-19-10-18-27(36,43-45(37)38)44-46(39)40/h5-7,11-12,14,16,22-23,36H,2-4,8-10,13,15,17-20H2,1H3,(H-2,31,35,37,38,39,40)/p+2/b16-14+/t22-,23+/m0/s1. The lowest BCUT2D eigenvalue weighted by molar-refractivity contribution is -0.277. The molecule has 4 N–H and O–H groups in total. The highest BCUT2D eigenvalue weighted by Gasteiger charge is 2.48. The molecule has 2 rings (SSSR count). The number of nitrogens with one attached hydrogen (secondary N) is 1. The number of likely N-dealkylation sites (tertiary alicyclic amines) is 1. The van der Waals surface area contributed by atoms with Gasteiger partial charge in [-0.15, -0.1) is 9.79 Å². The number of ether oxygens (including phenoxy) is 2. The molecule has 0 aliphatic carbocycles. The second kappa shape index (κ2) is 19.6. The average molecular weight is 697 g/mol. The molecule has 18 heteroatoms. The van der Waals surface area contributed by atoms with E-state index in [1.807, 2.05) is 0 Å². The number of carbonyl (C=O) groups is 3. The maximum absolute atomic E-state index is 15.6. The fourth-order valence-corrected chi connectivity index (χ4v) is 5.49. The van der Waals surface area contributed by atoms with Crippen molar-refractivity contribution in [2.24, 2.45) is 0 Å². The van der Waals surface area contributed by atoms with Gasteiger partial charge in [-0.1, -0.05) is 49.2 Å². The number of unbranched alkanes of at least 4 members (excludes halogenated alkanes) is 3. The van der Waals surface area contributed by atoms with E-state index in [1.54, 1.807) is 17.9 Å². The normalized spacial score (nSPS) is 17.8. The van der Waals surface area contributed by atoms with Crippen LogP contribution in [0.3, 0.4) is 0 Å². The summed E-state index contributed by atoms with van der Waals surface area (Å²) in [7, 11) is -6.86. The number of halogens is 2. The molecule has 256 valence electrons. The highest BCUT2D eigenvalue weighted by molar-refractivity contribution is 7.33. The van der Waals surface area contributed by atoms with E-state index < -0.39 is 58.6 Å². The second-order valence-electron chi connectivity index (χ2n) is 10.3. The lowest BCUT2D eigenvalue weighted by Crippen LogP contribution is -2.39. The van der Waals surface area contributed by atoms with Crippen LogP contribution in [0, 0.1) is 0 Å². The van der Waals surface area contributed by atoms with Gasteiger partial charge in [0.15, 0.2) is 6.10 Å². The van der Waals surface area contributed by atoms with Crippen molar-refractivity contribution in [3.63, 3.8) is 0 Å². The molecule has 2 unspecified atom stereocenters. The predicted molar refractivity (Wildman–Crippen MR) is 158 cm³/mol. The van der Waals surface area contributed by atoms with Crippen molar-refractivity contribution < 1.29 is 65.7 Å². The van der Waals surface area contributed by atoms with Crippen LogP contribution in [0.5, 0.6) is 0 Å². The Morgan fingerprint density at radius 2 is 1.74 bits per heavy atom. The Morgan fingerprint density at radius 1 is 1.09 bits per heavy atom. The molecule has 0 saturated carbocycles. The van der Waals surface area contributed by atoms with Crippen molar-refractivity contribution in [3.8, 4) is 0 Å². The van der Waals surface area contributed by atoms with Gasteiger partial charge in [0, 0.05) is 47.0 Å². The molecule has 1 heterocycles. The van der Waals surface area contributed by atoms with E-state index in [2.05, 4.69) is 14.4 Å². The number of carbonyl (C=O) groups excluding carboxylic acids is 3. The van der Waals surface area contributed by atoms with Gasteiger partial charge in [-0.25, -0.2) is 4.79 Å². The quantitative estimate of drug-likeness (QED) is 0.0455. The highest BCUT2D eigenvalue weighted by atomic mass is 31.1. The molecule has 14 nitrogen and oxygen atoms in total. The number of hydrogen-bond acceptors (Lipinski definition) is 10. The van der Waals surface area contributed by atoms with Crippen LogP contribution < -0.4 is 5.32 Å². The van der Waals surface area contributed by atoms with Gasteiger partial charge in [0.05, 0.1) is 12.6 Å². The molecule has 1 fully saturated rings. The fourth-order valence-electron chi connectivity index (χ4n) is 4.68. The smallest absolute Gasteiger partial charge is 0.466 e. The summed E-state index contributed by atoms with van der Waals surface area (Å²) >= 11 is 0. The third kappa shape index (κ3) is 13.8. The minimum atomic E-state index is -3.68. The number of hydrogen-bond donors (Lipinski definition) is 4. The summed E-state index contributed by atoms with van der Waals surface area (Å²) in [5, 5.41) is 12.2. The zero-order valence-corrected chi connectivity index (χ0v) is 27.1. The van der Waals surface area contributed by atoms with Crippen LogP contribution in [0.15, 0.2) is 42.5 Å². The monoisotopic (exact) mass is 696 g/mol. The number of rotatable bonds is 21. The van der Waals surface area contributed by atoms with Gasteiger partial charge in [-0.2, -0.15) is 8.78 Å². The van der Waals surface area contributed by atoms with Gasteiger partial charge in [-0.05, 0) is 47.7 Å². The van der Waals surface area contributed by atoms with Crippen molar-refractivity contribution in [2.75, 3.05) is 19.7 Å². The average Bonchev–Trinajstić information content (AvgIpc) is 3.33. The van der Waals surface area contributed by atoms with Gasteiger partial charge in [0.1, 0.15) is 0 Å². The summed E-state index contributed by atoms with van der Waals surface area (Å²) in [5.74, 6) is -6.99. The predicted octanol–water partition coefficient (Wildman–Crippen LogP) is 4.69. The summed E-state index contributed by atoms with van der Waals surface area (Å²) in [4.78, 5) is 55.8. The molecular weight excluding hydrogens is 656 g/mol. The van der Waals surface area contributed by atoms with Crippen molar-refractivity contribution >= 4 is 34.5 Å². The van der Waals surface area contributed by atoms with Crippen molar-refractivity contribution in [1.29, 1.82) is 0 Å². The van der Waals surface area contributed by atoms with Gasteiger partial charge in [0.2, 0.25) is 5.91 Å². The third-order valence-corrected chi connectivity index (χ3v) is 7.73. The Hall–Kier alpha value is -2.97. The lowest BCUT2D eigenvalue weighted by Gasteiger charge is -2.27. The SMILES string of the molecule is CCOC(=O)CCCCCCN1C(=O)CC[C@@H]1/C=C/[C@@H](OC(=O)NCCCC(O)(O[P+](=O)O)O[P+](=O)O)C(F)(F)c1ccccc1. The molecule has 0 aromatic heterocycles. The molecule has 1 aliphatic heterocycles. The summed E-state index contributed by atoms with van der Waals surface area (Å²) < 4.78 is 71.4. The number of alkyl carbamates (subject to hydrolysis) is 1. The maximum Gasteiger partial charge on any atom is 0.700 e. The first-order chi connectivity index (χ1) is 21.8. The van der Waals surface area contributed by atoms with Gasteiger partial charge < -0.3 is 24.8 Å². The molecule has 1 aliphatic rings. The zero-order chi connectivity index (χ0) is 34.2. The van der Waals surface area contributed by atoms with E-state index in [-0.39, 0.29) is 31.3 Å². The lowest BCUT2D eigenvalue weighted by atomic mass is 10.0. The summed E-state index contributed by atoms with van der Waals surface area (Å²) in [6.07, 6.45) is 1.95.